The van der Waals surface area contributed by atoms with E-state index in [0.717, 1.165) is 38.6 Å². The Morgan fingerprint density at radius 3 is 1.82 bits per heavy atom. The van der Waals surface area contributed by atoms with Gasteiger partial charge in [-0.25, -0.2) is 4.98 Å². The molecule has 5 heteroatoms. The van der Waals surface area contributed by atoms with Gasteiger partial charge in [0.05, 0.1) is 5.41 Å². The van der Waals surface area contributed by atoms with Crippen molar-refractivity contribution in [3.8, 4) is 33.9 Å². The number of furan rings is 1. The first-order valence-electron chi connectivity index (χ1n) is 14.9. The Morgan fingerprint density at radius 1 is 0.467 bits per heavy atom. The normalized spacial score (nSPS) is 13.2. The molecule has 0 atom stereocenters. The van der Waals surface area contributed by atoms with Crippen molar-refractivity contribution in [2.45, 2.75) is 5.41 Å². The summed E-state index contributed by atoms with van der Waals surface area (Å²) in [5.41, 5.74) is 10.2. The second kappa shape index (κ2) is 9.98. The summed E-state index contributed by atoms with van der Waals surface area (Å²) in [6.45, 7) is 0. The van der Waals surface area contributed by atoms with E-state index in [0.29, 0.717) is 11.6 Å². The molecule has 6 aromatic carbocycles. The molecule has 2 aromatic heterocycles. The van der Waals surface area contributed by atoms with Crippen LogP contribution in [0, 0.1) is 0 Å². The number of para-hydroxylation sites is 1. The third-order valence-electron chi connectivity index (χ3n) is 8.96. The standard InChI is InChI=1S/C40H24ClN3O/c41-39-43-37(42-38(44-39)26-21-22-36-32(24-26)31-17-6-9-20-35(31)45-36)25-11-10-14-28(23-25)40(27-12-2-1-3-13-27)33-18-7-4-15-29(33)30-16-5-8-19-34(30)40/h1-24H. The molecule has 0 N–H and O–H groups in total. The Balaban J connectivity index is 1.23. The number of hydrogen-bond acceptors (Lipinski definition) is 4. The molecule has 212 valence electrons. The molecule has 0 bridgehead atoms. The summed E-state index contributed by atoms with van der Waals surface area (Å²) in [7, 11) is 0. The van der Waals surface area contributed by atoms with Gasteiger partial charge in [-0.15, -0.1) is 0 Å². The Morgan fingerprint density at radius 2 is 1.07 bits per heavy atom. The summed E-state index contributed by atoms with van der Waals surface area (Å²) < 4.78 is 6.04. The van der Waals surface area contributed by atoms with Crippen LogP contribution in [0.1, 0.15) is 22.3 Å². The lowest BCUT2D eigenvalue weighted by Crippen LogP contribution is -2.28. The van der Waals surface area contributed by atoms with E-state index in [1.807, 2.05) is 36.4 Å². The third kappa shape index (κ3) is 3.89. The van der Waals surface area contributed by atoms with Crippen molar-refractivity contribution in [1.82, 2.24) is 15.0 Å². The smallest absolute Gasteiger partial charge is 0.226 e. The Kier molecular flexibility index (Phi) is 5.74. The zero-order valence-corrected chi connectivity index (χ0v) is 24.7. The molecule has 0 unspecified atom stereocenters. The molecule has 0 amide bonds. The fourth-order valence-electron chi connectivity index (χ4n) is 7.08. The number of hydrogen-bond donors (Lipinski definition) is 0. The third-order valence-corrected chi connectivity index (χ3v) is 9.12. The van der Waals surface area contributed by atoms with Crippen molar-refractivity contribution in [2.75, 3.05) is 0 Å². The number of rotatable bonds is 4. The summed E-state index contributed by atoms with van der Waals surface area (Å²) in [5.74, 6) is 1.03. The molecule has 45 heavy (non-hydrogen) atoms. The quantitative estimate of drug-likeness (QED) is 0.202. The molecular formula is C40H24ClN3O. The molecule has 2 heterocycles. The van der Waals surface area contributed by atoms with E-state index in [2.05, 4.69) is 119 Å². The molecule has 4 nitrogen and oxygen atoms in total. The minimum atomic E-state index is -0.516. The van der Waals surface area contributed by atoms with E-state index in [4.69, 9.17) is 21.0 Å². The summed E-state index contributed by atoms with van der Waals surface area (Å²) in [5, 5.41) is 2.20. The van der Waals surface area contributed by atoms with Gasteiger partial charge in [0.2, 0.25) is 5.28 Å². The number of halogens is 1. The van der Waals surface area contributed by atoms with Crippen LogP contribution in [0.2, 0.25) is 5.28 Å². The monoisotopic (exact) mass is 597 g/mol. The van der Waals surface area contributed by atoms with Gasteiger partial charge in [0.25, 0.3) is 0 Å². The van der Waals surface area contributed by atoms with Crippen LogP contribution in [0.25, 0.3) is 55.8 Å². The van der Waals surface area contributed by atoms with Crippen LogP contribution >= 0.6 is 11.6 Å². The lowest BCUT2D eigenvalue weighted by atomic mass is 9.67. The van der Waals surface area contributed by atoms with Crippen molar-refractivity contribution in [3.05, 3.63) is 173 Å². The summed E-state index contributed by atoms with van der Waals surface area (Å²) in [6, 6.07) is 50.7. The van der Waals surface area contributed by atoms with Gasteiger partial charge in [0, 0.05) is 21.9 Å². The van der Waals surface area contributed by atoms with Gasteiger partial charge < -0.3 is 4.42 Å². The molecule has 0 saturated heterocycles. The van der Waals surface area contributed by atoms with Gasteiger partial charge in [-0.2, -0.15) is 9.97 Å². The predicted octanol–water partition coefficient (Wildman–Crippen LogP) is 10.1. The zero-order valence-electron chi connectivity index (χ0n) is 24.0. The Bertz CT molecular complexity index is 2370. The van der Waals surface area contributed by atoms with E-state index < -0.39 is 5.41 Å². The largest absolute Gasteiger partial charge is 0.456 e. The van der Waals surface area contributed by atoms with Gasteiger partial charge in [0.15, 0.2) is 11.6 Å². The molecule has 0 saturated carbocycles. The lowest BCUT2D eigenvalue weighted by Gasteiger charge is -2.34. The fraction of sp³-hybridized carbons (Fsp3) is 0.0250. The van der Waals surface area contributed by atoms with Gasteiger partial charge in [-0.3, -0.25) is 0 Å². The highest BCUT2D eigenvalue weighted by Gasteiger charge is 2.45. The second-order valence-electron chi connectivity index (χ2n) is 11.3. The molecule has 0 aliphatic heterocycles. The number of nitrogens with zero attached hydrogens (tertiary/aromatic N) is 3. The van der Waals surface area contributed by atoms with Crippen LogP contribution in [-0.2, 0) is 5.41 Å². The molecular weight excluding hydrogens is 574 g/mol. The molecule has 9 rings (SSSR count). The minimum absolute atomic E-state index is 0.145. The average molecular weight is 598 g/mol. The predicted molar refractivity (Wildman–Crippen MR) is 180 cm³/mol. The fourth-order valence-corrected chi connectivity index (χ4v) is 7.24. The summed E-state index contributed by atoms with van der Waals surface area (Å²) in [6.07, 6.45) is 0. The minimum Gasteiger partial charge on any atom is -0.456 e. The highest BCUT2D eigenvalue weighted by molar-refractivity contribution is 6.28. The maximum Gasteiger partial charge on any atom is 0.226 e. The van der Waals surface area contributed by atoms with Crippen LogP contribution in [0.3, 0.4) is 0 Å². The van der Waals surface area contributed by atoms with Crippen LogP contribution in [-0.4, -0.2) is 15.0 Å². The Labute approximate surface area is 264 Å². The maximum atomic E-state index is 6.59. The molecule has 0 fully saturated rings. The van der Waals surface area contributed by atoms with Gasteiger partial charge in [-0.1, -0.05) is 115 Å². The first-order valence-corrected chi connectivity index (χ1v) is 15.3. The molecule has 1 aliphatic rings. The average Bonchev–Trinajstić information content (AvgIpc) is 3.62. The van der Waals surface area contributed by atoms with Crippen molar-refractivity contribution in [3.63, 3.8) is 0 Å². The number of benzene rings is 6. The number of fused-ring (bicyclic) bond motifs is 6. The second-order valence-corrected chi connectivity index (χ2v) is 11.7. The van der Waals surface area contributed by atoms with Crippen LogP contribution in [0.5, 0.6) is 0 Å². The summed E-state index contributed by atoms with van der Waals surface area (Å²) >= 11 is 6.59. The molecule has 1 aliphatic carbocycles. The van der Waals surface area contributed by atoms with E-state index in [1.165, 1.54) is 27.8 Å². The van der Waals surface area contributed by atoms with Crippen LogP contribution in [0.15, 0.2) is 150 Å². The number of aromatic nitrogens is 3. The van der Waals surface area contributed by atoms with Crippen LogP contribution in [0.4, 0.5) is 0 Å². The van der Waals surface area contributed by atoms with Crippen LogP contribution < -0.4 is 0 Å². The molecule has 0 spiro atoms. The van der Waals surface area contributed by atoms with Gasteiger partial charge in [-0.05, 0) is 75.3 Å². The molecule has 0 radical (unpaired) electrons. The topological polar surface area (TPSA) is 51.8 Å². The van der Waals surface area contributed by atoms with E-state index >= 15 is 0 Å². The van der Waals surface area contributed by atoms with Gasteiger partial charge in [0.1, 0.15) is 11.2 Å². The Hall–Kier alpha value is -5.58. The van der Waals surface area contributed by atoms with Crippen molar-refractivity contribution in [2.24, 2.45) is 0 Å². The van der Waals surface area contributed by atoms with E-state index in [1.54, 1.807) is 0 Å². The molecule has 8 aromatic rings. The van der Waals surface area contributed by atoms with E-state index in [-0.39, 0.29) is 5.28 Å². The van der Waals surface area contributed by atoms with Gasteiger partial charge >= 0.3 is 0 Å². The maximum absolute atomic E-state index is 6.59. The highest BCUT2D eigenvalue weighted by Crippen LogP contribution is 2.56. The van der Waals surface area contributed by atoms with E-state index in [9.17, 15) is 0 Å². The first-order chi connectivity index (χ1) is 22.2. The SMILES string of the molecule is Clc1nc(-c2cccc(C3(c4ccccc4)c4ccccc4-c4ccccc43)c2)nc(-c2ccc3oc4ccccc4c3c2)n1. The first kappa shape index (κ1) is 25.9. The van der Waals surface area contributed by atoms with Crippen molar-refractivity contribution >= 4 is 33.5 Å². The van der Waals surface area contributed by atoms with Crippen molar-refractivity contribution < 1.29 is 4.42 Å². The lowest BCUT2D eigenvalue weighted by molar-refractivity contribution is 0.669. The zero-order chi connectivity index (χ0) is 30.0. The van der Waals surface area contributed by atoms with Crippen molar-refractivity contribution in [1.29, 1.82) is 0 Å². The highest BCUT2D eigenvalue weighted by atomic mass is 35.5. The summed E-state index contributed by atoms with van der Waals surface area (Å²) in [4.78, 5) is 14.1.